The number of methoxy groups -OCH3 is 1. The Balaban J connectivity index is 1.95. The van der Waals surface area contributed by atoms with Gasteiger partial charge < -0.3 is 19.5 Å². The van der Waals surface area contributed by atoms with Crippen LogP contribution in [0.3, 0.4) is 0 Å². The number of carbonyl (C=O) groups is 2. The second-order valence-electron chi connectivity index (χ2n) is 6.94. The summed E-state index contributed by atoms with van der Waals surface area (Å²) in [4.78, 5) is 32.4. The number of aromatic nitrogens is 2. The first kappa shape index (κ1) is 19.9. The third-order valence-corrected chi connectivity index (χ3v) is 3.66. The number of ether oxygens (including phenoxy) is 3. The van der Waals surface area contributed by atoms with Crippen LogP contribution in [0.5, 0.6) is 5.88 Å². The standard InChI is InChI=1S/C17H26N4O5/c1-17(2,3)26-16(23)21-13-10-18-12(15(20-13)24-4)9-19-14(22)11-5-7-25-8-6-11/h10-11H,5-9H2,1-4H3,(H,19,22)(H,20,21,23). The summed E-state index contributed by atoms with van der Waals surface area (Å²) in [5.74, 6) is 0.352. The molecule has 0 aromatic carbocycles. The summed E-state index contributed by atoms with van der Waals surface area (Å²) in [6.07, 6.45) is 2.19. The van der Waals surface area contributed by atoms with Crippen LogP contribution in [0, 0.1) is 5.92 Å². The molecule has 0 saturated carbocycles. The summed E-state index contributed by atoms with van der Waals surface area (Å²) >= 11 is 0. The number of nitrogens with one attached hydrogen (secondary N) is 2. The second-order valence-corrected chi connectivity index (χ2v) is 6.94. The van der Waals surface area contributed by atoms with Crippen LogP contribution in [0.1, 0.15) is 39.3 Å². The SMILES string of the molecule is COc1nc(NC(=O)OC(C)(C)C)cnc1CNC(=O)C1CCOCC1. The number of nitrogens with zero attached hydrogens (tertiary/aromatic N) is 2. The van der Waals surface area contributed by atoms with Crippen molar-refractivity contribution < 1.29 is 23.8 Å². The molecule has 9 heteroatoms. The number of amides is 2. The van der Waals surface area contributed by atoms with E-state index in [0.717, 1.165) is 0 Å². The molecule has 2 heterocycles. The highest BCUT2D eigenvalue weighted by molar-refractivity contribution is 5.83. The van der Waals surface area contributed by atoms with Gasteiger partial charge in [-0.25, -0.2) is 9.78 Å². The average Bonchev–Trinajstić information content (AvgIpc) is 2.59. The van der Waals surface area contributed by atoms with Crippen LogP contribution in [0.4, 0.5) is 10.6 Å². The Kier molecular flexibility index (Phi) is 6.73. The largest absolute Gasteiger partial charge is 0.480 e. The molecule has 0 radical (unpaired) electrons. The van der Waals surface area contributed by atoms with Crippen LogP contribution in [-0.2, 0) is 20.8 Å². The number of hydrogen-bond donors (Lipinski definition) is 2. The molecule has 26 heavy (non-hydrogen) atoms. The van der Waals surface area contributed by atoms with E-state index < -0.39 is 11.7 Å². The van der Waals surface area contributed by atoms with Gasteiger partial charge in [-0.05, 0) is 33.6 Å². The predicted molar refractivity (Wildman–Crippen MR) is 93.8 cm³/mol. The average molecular weight is 366 g/mol. The minimum Gasteiger partial charge on any atom is -0.480 e. The zero-order valence-corrected chi connectivity index (χ0v) is 15.6. The van der Waals surface area contributed by atoms with Gasteiger partial charge in [0.2, 0.25) is 11.8 Å². The van der Waals surface area contributed by atoms with E-state index >= 15 is 0 Å². The molecule has 1 aromatic heterocycles. The Labute approximate surface area is 152 Å². The van der Waals surface area contributed by atoms with E-state index in [1.165, 1.54) is 13.3 Å². The quantitative estimate of drug-likeness (QED) is 0.818. The normalized spacial score (nSPS) is 15.2. The van der Waals surface area contributed by atoms with Crippen molar-refractivity contribution in [2.45, 2.75) is 45.8 Å². The maximum absolute atomic E-state index is 12.2. The Hall–Kier alpha value is -2.42. The monoisotopic (exact) mass is 366 g/mol. The lowest BCUT2D eigenvalue weighted by Gasteiger charge is -2.21. The predicted octanol–water partition coefficient (Wildman–Crippen LogP) is 1.87. The molecule has 9 nitrogen and oxygen atoms in total. The maximum atomic E-state index is 12.2. The minimum atomic E-state index is -0.630. The van der Waals surface area contributed by atoms with Crippen molar-refractivity contribution in [3.63, 3.8) is 0 Å². The van der Waals surface area contributed by atoms with Crippen LogP contribution in [-0.4, -0.2) is 47.9 Å². The zero-order chi connectivity index (χ0) is 19.2. The second kappa shape index (κ2) is 8.79. The van der Waals surface area contributed by atoms with Crippen molar-refractivity contribution in [2.24, 2.45) is 5.92 Å². The smallest absolute Gasteiger partial charge is 0.413 e. The lowest BCUT2D eigenvalue weighted by atomic mass is 9.99. The number of rotatable bonds is 5. The van der Waals surface area contributed by atoms with Crippen LogP contribution in [0.15, 0.2) is 6.20 Å². The third kappa shape index (κ3) is 6.14. The molecule has 1 fully saturated rings. The maximum Gasteiger partial charge on any atom is 0.413 e. The van der Waals surface area contributed by atoms with Gasteiger partial charge >= 0.3 is 6.09 Å². The van der Waals surface area contributed by atoms with Crippen LogP contribution < -0.4 is 15.4 Å². The molecule has 2 amide bonds. The Morgan fingerprint density at radius 1 is 1.31 bits per heavy atom. The van der Waals surface area contributed by atoms with Crippen molar-refractivity contribution in [3.05, 3.63) is 11.9 Å². The fraction of sp³-hybridized carbons (Fsp3) is 0.647. The van der Waals surface area contributed by atoms with Crippen LogP contribution in [0.2, 0.25) is 0 Å². The number of hydrogen-bond acceptors (Lipinski definition) is 7. The van der Waals surface area contributed by atoms with Gasteiger partial charge in [-0.15, -0.1) is 0 Å². The molecule has 0 atom stereocenters. The molecular formula is C17H26N4O5. The van der Waals surface area contributed by atoms with Gasteiger partial charge in [0.15, 0.2) is 5.82 Å². The van der Waals surface area contributed by atoms with Crippen molar-refractivity contribution in [1.82, 2.24) is 15.3 Å². The van der Waals surface area contributed by atoms with E-state index in [4.69, 9.17) is 14.2 Å². The Bertz CT molecular complexity index is 639. The van der Waals surface area contributed by atoms with Gasteiger partial charge in [0.05, 0.1) is 19.9 Å². The van der Waals surface area contributed by atoms with E-state index in [9.17, 15) is 9.59 Å². The first-order chi connectivity index (χ1) is 12.3. The van der Waals surface area contributed by atoms with Gasteiger partial charge in [0, 0.05) is 19.1 Å². The Morgan fingerprint density at radius 2 is 2.00 bits per heavy atom. The topological polar surface area (TPSA) is 112 Å². The summed E-state index contributed by atoms with van der Waals surface area (Å²) in [6.45, 7) is 6.70. The summed E-state index contributed by atoms with van der Waals surface area (Å²) in [5.41, 5.74) is -0.140. The fourth-order valence-electron chi connectivity index (χ4n) is 2.43. The van der Waals surface area contributed by atoms with Crippen LogP contribution >= 0.6 is 0 Å². The molecule has 1 saturated heterocycles. The lowest BCUT2D eigenvalue weighted by molar-refractivity contribution is -0.128. The van der Waals surface area contributed by atoms with Gasteiger partial charge in [-0.2, -0.15) is 4.98 Å². The first-order valence-corrected chi connectivity index (χ1v) is 8.54. The van der Waals surface area contributed by atoms with Crippen molar-refractivity contribution in [3.8, 4) is 5.88 Å². The van der Waals surface area contributed by atoms with Gasteiger partial charge in [0.1, 0.15) is 11.3 Å². The summed E-state index contributed by atoms with van der Waals surface area (Å²) < 4.78 is 15.6. The Morgan fingerprint density at radius 3 is 2.62 bits per heavy atom. The highest BCUT2D eigenvalue weighted by Crippen LogP contribution is 2.18. The zero-order valence-electron chi connectivity index (χ0n) is 15.6. The lowest BCUT2D eigenvalue weighted by Crippen LogP contribution is -2.34. The first-order valence-electron chi connectivity index (χ1n) is 8.54. The highest BCUT2D eigenvalue weighted by Gasteiger charge is 2.22. The van der Waals surface area contributed by atoms with E-state index in [1.807, 2.05) is 0 Å². The van der Waals surface area contributed by atoms with Crippen molar-refractivity contribution in [1.29, 1.82) is 0 Å². The molecule has 0 spiro atoms. The van der Waals surface area contributed by atoms with Gasteiger partial charge in [-0.3, -0.25) is 10.1 Å². The van der Waals surface area contributed by atoms with E-state index in [0.29, 0.717) is 31.7 Å². The van der Waals surface area contributed by atoms with Crippen molar-refractivity contribution >= 4 is 17.8 Å². The molecule has 1 aromatic rings. The summed E-state index contributed by atoms with van der Waals surface area (Å²) in [6, 6.07) is 0. The number of anilines is 1. The number of carbonyl (C=O) groups excluding carboxylic acids is 2. The minimum absolute atomic E-state index is 0.0342. The molecule has 144 valence electrons. The molecule has 2 rings (SSSR count). The fourth-order valence-corrected chi connectivity index (χ4v) is 2.43. The molecular weight excluding hydrogens is 340 g/mol. The van der Waals surface area contributed by atoms with E-state index in [2.05, 4.69) is 20.6 Å². The molecule has 0 bridgehead atoms. The van der Waals surface area contributed by atoms with E-state index in [1.54, 1.807) is 20.8 Å². The highest BCUT2D eigenvalue weighted by atomic mass is 16.6. The van der Waals surface area contributed by atoms with Crippen LogP contribution in [0.25, 0.3) is 0 Å². The molecule has 1 aliphatic heterocycles. The molecule has 0 unspecified atom stereocenters. The van der Waals surface area contributed by atoms with E-state index in [-0.39, 0.29) is 30.1 Å². The third-order valence-electron chi connectivity index (χ3n) is 3.66. The van der Waals surface area contributed by atoms with Gasteiger partial charge in [-0.1, -0.05) is 0 Å². The van der Waals surface area contributed by atoms with Gasteiger partial charge in [0.25, 0.3) is 0 Å². The molecule has 1 aliphatic rings. The summed E-state index contributed by atoms with van der Waals surface area (Å²) in [5, 5.41) is 5.35. The molecule has 0 aliphatic carbocycles. The molecule has 2 N–H and O–H groups in total. The van der Waals surface area contributed by atoms with Crippen molar-refractivity contribution in [2.75, 3.05) is 25.6 Å². The summed E-state index contributed by atoms with van der Waals surface area (Å²) in [7, 11) is 1.45.